The van der Waals surface area contributed by atoms with Crippen LogP contribution in [0.25, 0.3) is 11.0 Å². The number of ether oxygens (including phenoxy) is 1. The second kappa shape index (κ2) is 9.79. The molecule has 3 unspecified atom stereocenters. The van der Waals surface area contributed by atoms with Crippen molar-refractivity contribution in [2.24, 2.45) is 0 Å². The quantitative estimate of drug-likeness (QED) is 0.464. The molecule has 0 aliphatic heterocycles. The molecule has 0 saturated carbocycles. The molecule has 1 amide bonds. The van der Waals surface area contributed by atoms with E-state index in [1.807, 2.05) is 71.0 Å². The van der Waals surface area contributed by atoms with Gasteiger partial charge in [0.1, 0.15) is 12.3 Å². The summed E-state index contributed by atoms with van der Waals surface area (Å²) in [4.78, 5) is 20.3. The number of imidazole rings is 1. The molecule has 5 heteroatoms. The average molecular weight is 408 g/mol. The molecule has 0 aliphatic carbocycles. The second-order valence-corrected chi connectivity index (χ2v) is 7.93. The topological polar surface area (TPSA) is 47.4 Å². The lowest BCUT2D eigenvalue weighted by Crippen LogP contribution is -2.46. The molecule has 3 atom stereocenters. The minimum atomic E-state index is -0.284. The zero-order valence-corrected chi connectivity index (χ0v) is 18.7. The Hall–Kier alpha value is -2.82. The zero-order chi connectivity index (χ0) is 21.7. The minimum absolute atomic E-state index is 0.120. The fraction of sp³-hybridized carbons (Fsp3) is 0.440. The Morgan fingerprint density at radius 1 is 0.967 bits per heavy atom. The van der Waals surface area contributed by atoms with E-state index in [4.69, 9.17) is 9.72 Å². The molecule has 160 valence electrons. The third kappa shape index (κ3) is 4.66. The van der Waals surface area contributed by atoms with Gasteiger partial charge in [0, 0.05) is 12.1 Å². The van der Waals surface area contributed by atoms with Crippen molar-refractivity contribution in [3.8, 4) is 5.75 Å². The number of rotatable bonds is 9. The summed E-state index contributed by atoms with van der Waals surface area (Å²) in [6.07, 6.45) is 1.58. The van der Waals surface area contributed by atoms with Gasteiger partial charge in [-0.2, -0.15) is 0 Å². The number of fused-ring (bicyclic) bond motifs is 1. The van der Waals surface area contributed by atoms with E-state index in [9.17, 15) is 4.79 Å². The Morgan fingerprint density at radius 3 is 2.20 bits per heavy atom. The number of carbonyl (C=O) groups is 1. The number of hydrogen-bond donors (Lipinski definition) is 0. The van der Waals surface area contributed by atoms with Crippen LogP contribution in [0.4, 0.5) is 0 Å². The van der Waals surface area contributed by atoms with E-state index in [0.717, 1.165) is 35.4 Å². The van der Waals surface area contributed by atoms with Gasteiger partial charge in [-0.15, -0.1) is 0 Å². The van der Waals surface area contributed by atoms with Crippen molar-refractivity contribution in [1.29, 1.82) is 0 Å². The first-order valence-electron chi connectivity index (χ1n) is 10.9. The van der Waals surface area contributed by atoms with E-state index in [-0.39, 0.29) is 30.6 Å². The molecule has 30 heavy (non-hydrogen) atoms. The maximum atomic E-state index is 13.4. The van der Waals surface area contributed by atoms with Crippen LogP contribution < -0.4 is 4.74 Å². The molecule has 1 aromatic heterocycles. The number of carbonyl (C=O) groups excluding carboxylic acids is 1. The Balaban J connectivity index is 1.95. The lowest BCUT2D eigenvalue weighted by molar-refractivity contribution is -0.136. The van der Waals surface area contributed by atoms with Crippen molar-refractivity contribution in [3.63, 3.8) is 0 Å². The Morgan fingerprint density at radius 2 is 1.57 bits per heavy atom. The molecule has 3 aromatic rings. The summed E-state index contributed by atoms with van der Waals surface area (Å²) in [5.74, 6) is 1.67. The van der Waals surface area contributed by atoms with Gasteiger partial charge in [0.2, 0.25) is 5.91 Å². The van der Waals surface area contributed by atoms with Crippen LogP contribution in [0, 0.1) is 0 Å². The summed E-state index contributed by atoms with van der Waals surface area (Å²) < 4.78 is 8.16. The average Bonchev–Trinajstić information content (AvgIpc) is 3.12. The highest BCUT2D eigenvalue weighted by atomic mass is 16.5. The molecular weight excluding hydrogens is 374 g/mol. The molecule has 0 N–H and O–H groups in total. The maximum Gasteiger partial charge on any atom is 0.243 e. The first kappa shape index (κ1) is 21.9. The van der Waals surface area contributed by atoms with E-state index in [1.165, 1.54) is 0 Å². The lowest BCUT2D eigenvalue weighted by Gasteiger charge is -2.34. The highest BCUT2D eigenvalue weighted by Crippen LogP contribution is 2.26. The molecule has 0 aliphatic rings. The molecule has 1 heterocycles. The Labute approximate surface area is 179 Å². The molecular formula is C25H33N3O2. The monoisotopic (exact) mass is 407 g/mol. The third-order valence-electron chi connectivity index (χ3n) is 5.82. The van der Waals surface area contributed by atoms with E-state index >= 15 is 0 Å². The van der Waals surface area contributed by atoms with E-state index in [1.54, 1.807) is 0 Å². The smallest absolute Gasteiger partial charge is 0.243 e. The van der Waals surface area contributed by atoms with Gasteiger partial charge in [0.05, 0.1) is 11.0 Å². The summed E-state index contributed by atoms with van der Waals surface area (Å²) in [6.45, 7) is 10.7. The van der Waals surface area contributed by atoms with Crippen LogP contribution >= 0.6 is 0 Å². The van der Waals surface area contributed by atoms with Crippen molar-refractivity contribution in [3.05, 3.63) is 60.4 Å². The molecule has 0 fully saturated rings. The Bertz CT molecular complexity index is 957. The molecule has 5 nitrogen and oxygen atoms in total. The molecule has 0 bridgehead atoms. The molecule has 2 aromatic carbocycles. The highest BCUT2D eigenvalue weighted by Gasteiger charge is 2.26. The molecule has 0 radical (unpaired) electrons. The second-order valence-electron chi connectivity index (χ2n) is 7.93. The summed E-state index contributed by atoms with van der Waals surface area (Å²) in [5.41, 5.74) is 1.83. The largest absolute Gasteiger partial charge is 0.483 e. The van der Waals surface area contributed by atoms with Gasteiger partial charge in [0.15, 0.2) is 11.9 Å². The normalized spacial score (nSPS) is 14.3. The van der Waals surface area contributed by atoms with Crippen molar-refractivity contribution in [2.45, 2.75) is 72.2 Å². The van der Waals surface area contributed by atoms with Crippen molar-refractivity contribution in [2.75, 3.05) is 0 Å². The SMILES string of the molecule is CCC(C)N(C(=O)Cn1c(C(C)Oc2ccccc2)nc2ccccc21)C(C)CC. The van der Waals surface area contributed by atoms with Gasteiger partial charge in [-0.05, 0) is 57.9 Å². The number of aromatic nitrogens is 2. The summed E-state index contributed by atoms with van der Waals surface area (Å²) in [5, 5.41) is 0. The number of amides is 1. The van der Waals surface area contributed by atoms with Gasteiger partial charge in [0.25, 0.3) is 0 Å². The van der Waals surface area contributed by atoms with Crippen LogP contribution in [-0.2, 0) is 11.3 Å². The van der Waals surface area contributed by atoms with Crippen LogP contribution in [0.3, 0.4) is 0 Å². The van der Waals surface area contributed by atoms with Crippen molar-refractivity contribution < 1.29 is 9.53 Å². The fourth-order valence-corrected chi connectivity index (χ4v) is 3.86. The lowest BCUT2D eigenvalue weighted by atomic mass is 10.1. The molecule has 0 spiro atoms. The number of benzene rings is 2. The number of hydrogen-bond acceptors (Lipinski definition) is 3. The van der Waals surface area contributed by atoms with E-state index in [2.05, 4.69) is 27.7 Å². The van der Waals surface area contributed by atoms with Gasteiger partial charge >= 0.3 is 0 Å². The number of para-hydroxylation sites is 3. The minimum Gasteiger partial charge on any atom is -0.483 e. The van der Waals surface area contributed by atoms with Crippen molar-refractivity contribution >= 4 is 16.9 Å². The zero-order valence-electron chi connectivity index (χ0n) is 18.7. The van der Waals surface area contributed by atoms with Crippen LogP contribution in [0.2, 0.25) is 0 Å². The van der Waals surface area contributed by atoms with Crippen molar-refractivity contribution in [1.82, 2.24) is 14.5 Å². The molecule has 3 rings (SSSR count). The van der Waals surface area contributed by atoms with E-state index < -0.39 is 0 Å². The number of nitrogens with zero attached hydrogens (tertiary/aromatic N) is 3. The van der Waals surface area contributed by atoms with Crippen LogP contribution in [0.1, 0.15) is 59.4 Å². The van der Waals surface area contributed by atoms with Crippen LogP contribution in [-0.4, -0.2) is 32.4 Å². The summed E-state index contributed by atoms with van der Waals surface area (Å²) >= 11 is 0. The fourth-order valence-electron chi connectivity index (χ4n) is 3.86. The highest BCUT2D eigenvalue weighted by molar-refractivity contribution is 5.81. The first-order valence-corrected chi connectivity index (χ1v) is 10.9. The van der Waals surface area contributed by atoms with Gasteiger partial charge < -0.3 is 14.2 Å². The summed E-state index contributed by atoms with van der Waals surface area (Å²) in [6, 6.07) is 18.1. The van der Waals surface area contributed by atoms with Crippen LogP contribution in [0.15, 0.2) is 54.6 Å². The Kier molecular flexibility index (Phi) is 7.14. The molecule has 0 saturated heterocycles. The summed E-state index contributed by atoms with van der Waals surface area (Å²) in [7, 11) is 0. The predicted octanol–water partition coefficient (Wildman–Crippen LogP) is 5.60. The van der Waals surface area contributed by atoms with Gasteiger partial charge in [-0.1, -0.05) is 44.2 Å². The van der Waals surface area contributed by atoms with Gasteiger partial charge in [-0.25, -0.2) is 4.98 Å². The van der Waals surface area contributed by atoms with Crippen LogP contribution in [0.5, 0.6) is 5.75 Å². The maximum absolute atomic E-state index is 13.4. The van der Waals surface area contributed by atoms with E-state index in [0.29, 0.717) is 0 Å². The predicted molar refractivity (Wildman–Crippen MR) is 122 cm³/mol. The van der Waals surface area contributed by atoms with Gasteiger partial charge in [-0.3, -0.25) is 4.79 Å². The first-order chi connectivity index (χ1) is 14.5. The third-order valence-corrected chi connectivity index (χ3v) is 5.82. The standard InChI is InChI=1S/C25H33N3O2/c1-6-18(3)28(19(4)7-2)24(29)17-27-23-16-12-11-15-22(23)26-25(27)20(5)30-21-13-9-8-10-14-21/h8-16,18-20H,6-7,17H2,1-5H3.